The molecule has 0 aliphatic carbocycles. The molecule has 0 aliphatic rings. The van der Waals surface area contributed by atoms with Crippen LogP contribution in [-0.4, -0.2) is 10.9 Å². The lowest BCUT2D eigenvalue weighted by Gasteiger charge is -2.04. The van der Waals surface area contributed by atoms with Crippen LogP contribution >= 0.6 is 11.3 Å². The van der Waals surface area contributed by atoms with E-state index in [1.165, 1.54) is 16.9 Å². The van der Waals surface area contributed by atoms with E-state index in [0.717, 1.165) is 32.8 Å². The minimum absolute atomic E-state index is 0.168. The molecule has 1 heterocycles. The Morgan fingerprint density at radius 1 is 0.667 bits per heavy atom. The van der Waals surface area contributed by atoms with Gasteiger partial charge in [0.05, 0.1) is 10.6 Å². The largest absolute Gasteiger partial charge is 0.298 e. The minimum Gasteiger partial charge on any atom is -0.298 e. The van der Waals surface area contributed by atoms with Crippen LogP contribution in [0.3, 0.4) is 0 Å². The summed E-state index contributed by atoms with van der Waals surface area (Å²) in [5, 5.41) is 3.58. The second-order valence-electron chi connectivity index (χ2n) is 7.83. The first kappa shape index (κ1) is 20.9. The van der Waals surface area contributed by atoms with Crippen molar-refractivity contribution in [3.8, 4) is 32.8 Å². The molecule has 1 amide bonds. The fourth-order valence-corrected chi connectivity index (χ4v) is 4.67. The van der Waals surface area contributed by atoms with Crippen molar-refractivity contribution in [2.24, 2.45) is 0 Å². The number of aromatic nitrogens is 1. The molecule has 0 atom stereocenters. The number of anilines is 1. The number of carbonyl (C=O) groups excluding carboxylic acids is 1. The Hall–Kier alpha value is -4.02. The number of thiazole rings is 1. The van der Waals surface area contributed by atoms with Crippen molar-refractivity contribution in [1.82, 2.24) is 4.98 Å². The highest BCUT2D eigenvalue weighted by Gasteiger charge is 2.17. The first-order chi connectivity index (χ1) is 16.2. The molecule has 4 aromatic carbocycles. The predicted molar refractivity (Wildman–Crippen MR) is 138 cm³/mol. The molecule has 0 aliphatic heterocycles. The molecule has 4 heteroatoms. The van der Waals surface area contributed by atoms with Crippen molar-refractivity contribution in [1.29, 1.82) is 0 Å². The molecule has 0 bridgehead atoms. The number of amides is 1. The molecule has 0 unspecified atom stereocenters. The van der Waals surface area contributed by atoms with Crippen LogP contribution in [0.4, 0.5) is 5.13 Å². The molecule has 33 heavy (non-hydrogen) atoms. The van der Waals surface area contributed by atoms with E-state index in [2.05, 4.69) is 48.6 Å². The molecule has 0 spiro atoms. The van der Waals surface area contributed by atoms with Gasteiger partial charge in [0, 0.05) is 11.1 Å². The zero-order valence-electron chi connectivity index (χ0n) is 18.2. The summed E-state index contributed by atoms with van der Waals surface area (Å²) in [7, 11) is 0. The van der Waals surface area contributed by atoms with Crippen LogP contribution in [0.15, 0.2) is 109 Å². The zero-order chi connectivity index (χ0) is 22.6. The van der Waals surface area contributed by atoms with Crippen molar-refractivity contribution in [3.63, 3.8) is 0 Å². The lowest BCUT2D eigenvalue weighted by atomic mass is 10.0. The van der Waals surface area contributed by atoms with Crippen molar-refractivity contribution < 1.29 is 4.79 Å². The Kier molecular flexibility index (Phi) is 5.83. The van der Waals surface area contributed by atoms with Gasteiger partial charge in [-0.2, -0.15) is 0 Å². The van der Waals surface area contributed by atoms with Crippen molar-refractivity contribution in [2.45, 2.75) is 6.92 Å². The number of carbonyl (C=O) groups is 1. The van der Waals surface area contributed by atoms with Crippen LogP contribution in [-0.2, 0) is 0 Å². The highest BCUT2D eigenvalue weighted by atomic mass is 32.1. The van der Waals surface area contributed by atoms with Gasteiger partial charge >= 0.3 is 0 Å². The normalized spacial score (nSPS) is 10.7. The van der Waals surface area contributed by atoms with Gasteiger partial charge in [-0.05, 0) is 35.7 Å². The summed E-state index contributed by atoms with van der Waals surface area (Å²) in [6.07, 6.45) is 0. The number of rotatable bonds is 5. The molecule has 1 N–H and O–H groups in total. The Morgan fingerprint density at radius 3 is 1.85 bits per heavy atom. The van der Waals surface area contributed by atoms with E-state index in [4.69, 9.17) is 4.98 Å². The maximum absolute atomic E-state index is 13.0. The van der Waals surface area contributed by atoms with E-state index in [1.807, 2.05) is 72.8 Å². The van der Waals surface area contributed by atoms with Crippen LogP contribution in [0, 0.1) is 6.92 Å². The maximum atomic E-state index is 13.0. The van der Waals surface area contributed by atoms with Gasteiger partial charge in [0.2, 0.25) is 0 Å². The average molecular weight is 447 g/mol. The zero-order valence-corrected chi connectivity index (χ0v) is 19.0. The second kappa shape index (κ2) is 9.23. The molecule has 5 aromatic rings. The molecule has 5 rings (SSSR count). The lowest BCUT2D eigenvalue weighted by molar-refractivity contribution is 0.102. The van der Waals surface area contributed by atoms with E-state index in [1.54, 1.807) is 0 Å². The Morgan fingerprint density at radius 2 is 1.21 bits per heavy atom. The number of hydrogen-bond donors (Lipinski definition) is 1. The third-order valence-electron chi connectivity index (χ3n) is 5.46. The molecule has 3 nitrogen and oxygen atoms in total. The van der Waals surface area contributed by atoms with Gasteiger partial charge in [-0.1, -0.05) is 114 Å². The van der Waals surface area contributed by atoms with Gasteiger partial charge in [0.1, 0.15) is 0 Å². The summed E-state index contributed by atoms with van der Waals surface area (Å²) < 4.78 is 0. The first-order valence-electron chi connectivity index (χ1n) is 10.8. The summed E-state index contributed by atoms with van der Waals surface area (Å²) in [5.41, 5.74) is 7.00. The van der Waals surface area contributed by atoms with Crippen molar-refractivity contribution in [3.05, 3.63) is 120 Å². The summed E-state index contributed by atoms with van der Waals surface area (Å²) in [4.78, 5) is 18.8. The van der Waals surface area contributed by atoms with Gasteiger partial charge in [-0.3, -0.25) is 10.1 Å². The highest BCUT2D eigenvalue weighted by Crippen LogP contribution is 2.39. The molecular weight excluding hydrogens is 424 g/mol. The quantitative estimate of drug-likeness (QED) is 0.300. The summed E-state index contributed by atoms with van der Waals surface area (Å²) in [6, 6.07) is 36.2. The average Bonchev–Trinajstić information content (AvgIpc) is 3.29. The molecule has 0 radical (unpaired) electrons. The van der Waals surface area contributed by atoms with Crippen LogP contribution in [0.25, 0.3) is 32.8 Å². The smallest absolute Gasteiger partial charge is 0.257 e. The topological polar surface area (TPSA) is 42.0 Å². The maximum Gasteiger partial charge on any atom is 0.257 e. The van der Waals surface area contributed by atoms with Crippen LogP contribution in [0.1, 0.15) is 15.9 Å². The number of aryl methyl sites for hydroxylation is 1. The second-order valence-corrected chi connectivity index (χ2v) is 8.83. The lowest BCUT2D eigenvalue weighted by Crippen LogP contribution is -2.11. The van der Waals surface area contributed by atoms with Crippen molar-refractivity contribution >= 4 is 22.4 Å². The Labute approximate surface area is 197 Å². The SMILES string of the molecule is Cc1ccc(-c2sc(NC(=O)c3ccc(-c4ccccc4)cc3)nc2-c2ccccc2)cc1. The number of benzene rings is 4. The van der Waals surface area contributed by atoms with E-state index >= 15 is 0 Å². The summed E-state index contributed by atoms with van der Waals surface area (Å²) in [6.45, 7) is 2.07. The molecule has 1 aromatic heterocycles. The fourth-order valence-electron chi connectivity index (χ4n) is 3.68. The van der Waals surface area contributed by atoms with Crippen LogP contribution in [0.2, 0.25) is 0 Å². The predicted octanol–water partition coefficient (Wildman–Crippen LogP) is 7.70. The third-order valence-corrected chi connectivity index (χ3v) is 6.48. The van der Waals surface area contributed by atoms with Crippen LogP contribution < -0.4 is 5.32 Å². The van der Waals surface area contributed by atoms with E-state index in [-0.39, 0.29) is 5.91 Å². The van der Waals surface area contributed by atoms with Crippen molar-refractivity contribution in [2.75, 3.05) is 5.32 Å². The monoisotopic (exact) mass is 446 g/mol. The summed E-state index contributed by atoms with van der Waals surface area (Å²) >= 11 is 1.49. The van der Waals surface area contributed by atoms with Gasteiger partial charge < -0.3 is 0 Å². The Bertz CT molecular complexity index is 1370. The highest BCUT2D eigenvalue weighted by molar-refractivity contribution is 7.19. The van der Waals surface area contributed by atoms with Gasteiger partial charge in [-0.25, -0.2) is 4.98 Å². The number of hydrogen-bond acceptors (Lipinski definition) is 3. The van der Waals surface area contributed by atoms with E-state index in [0.29, 0.717) is 10.7 Å². The number of nitrogens with one attached hydrogen (secondary N) is 1. The molecular formula is C29H22N2OS. The van der Waals surface area contributed by atoms with Crippen LogP contribution in [0.5, 0.6) is 0 Å². The molecule has 0 saturated heterocycles. The molecule has 0 fully saturated rings. The standard InChI is InChI=1S/C29H22N2OS/c1-20-12-14-24(15-13-20)27-26(23-10-6-3-7-11-23)30-29(33-27)31-28(32)25-18-16-22(17-19-25)21-8-4-2-5-9-21/h2-19H,1H3,(H,30,31,32). The van der Waals surface area contributed by atoms with Gasteiger partial charge in [-0.15, -0.1) is 0 Å². The Balaban J connectivity index is 1.43. The molecule has 160 valence electrons. The number of nitrogens with zero attached hydrogens (tertiary/aromatic N) is 1. The van der Waals surface area contributed by atoms with Gasteiger partial charge in [0.15, 0.2) is 5.13 Å². The first-order valence-corrected chi connectivity index (χ1v) is 11.6. The van der Waals surface area contributed by atoms with Gasteiger partial charge in [0.25, 0.3) is 5.91 Å². The summed E-state index contributed by atoms with van der Waals surface area (Å²) in [5.74, 6) is -0.168. The van der Waals surface area contributed by atoms with E-state index < -0.39 is 0 Å². The van der Waals surface area contributed by atoms with E-state index in [9.17, 15) is 4.79 Å². The minimum atomic E-state index is -0.168. The molecule has 0 saturated carbocycles. The third kappa shape index (κ3) is 4.61. The fraction of sp³-hybridized carbons (Fsp3) is 0.0345.